The van der Waals surface area contributed by atoms with Crippen LogP contribution >= 0.6 is 0 Å². The van der Waals surface area contributed by atoms with Crippen LogP contribution in [0.25, 0.3) is 11.3 Å². The highest BCUT2D eigenvalue weighted by atomic mass is 16.5. The van der Waals surface area contributed by atoms with Gasteiger partial charge in [-0.05, 0) is 30.7 Å². The second kappa shape index (κ2) is 11.1. The highest BCUT2D eigenvalue weighted by Crippen LogP contribution is 2.41. The van der Waals surface area contributed by atoms with Crippen molar-refractivity contribution in [1.29, 1.82) is 0 Å². The predicted octanol–water partition coefficient (Wildman–Crippen LogP) is -0.506. The number of esters is 1. The first-order valence-electron chi connectivity index (χ1n) is 11.0. The molecule has 0 aromatic heterocycles. The Labute approximate surface area is 210 Å². The fraction of sp³-hybridized carbons (Fsp3) is 0.320. The van der Waals surface area contributed by atoms with E-state index in [1.54, 1.807) is 6.92 Å². The molecule has 4 atom stereocenters. The number of methoxy groups -OCH3 is 1. The normalized spacial score (nSPS) is 16.6. The van der Waals surface area contributed by atoms with Gasteiger partial charge >= 0.3 is 5.97 Å². The SMILES string of the molecule is COc1cc(C)cc(C(=O)OC[C@H](O)[C@H](O)[C@H](O)[C@H](O)CO)c1C1=C(O)c2cccc(O)c2C(=O)C1=O. The van der Waals surface area contributed by atoms with E-state index in [0.717, 1.165) is 0 Å². The molecule has 1 aliphatic rings. The van der Waals surface area contributed by atoms with E-state index >= 15 is 0 Å². The maximum absolute atomic E-state index is 13.1. The number of carbonyl (C=O) groups is 3. The molecule has 12 nitrogen and oxygen atoms in total. The highest BCUT2D eigenvalue weighted by Gasteiger charge is 2.39. The molecule has 0 bridgehead atoms. The standard InChI is InChI=1S/C25H26O12/c1-10-6-12(25(35)37-9-15(29)22(32)21(31)14(28)8-26)18(16(7-10)36-2)19-20(30)11-4-3-5-13(27)17(11)23(33)24(19)34/h3-7,14-15,21-22,26-32H,8-9H2,1-2H3/t14-,15+,21-,22+/m1/s1. The lowest BCUT2D eigenvalue weighted by molar-refractivity contribution is -0.124. The summed E-state index contributed by atoms with van der Waals surface area (Å²) in [5.41, 5.74) is -1.27. The van der Waals surface area contributed by atoms with E-state index in [0.29, 0.717) is 5.56 Å². The second-order valence-electron chi connectivity index (χ2n) is 8.37. The average molecular weight is 518 g/mol. The Morgan fingerprint density at radius 2 is 1.59 bits per heavy atom. The molecular formula is C25H26O12. The van der Waals surface area contributed by atoms with Crippen molar-refractivity contribution in [2.24, 2.45) is 0 Å². The van der Waals surface area contributed by atoms with Crippen molar-refractivity contribution in [3.05, 3.63) is 58.1 Å². The van der Waals surface area contributed by atoms with Gasteiger partial charge in [0.25, 0.3) is 0 Å². The summed E-state index contributed by atoms with van der Waals surface area (Å²) in [6.07, 6.45) is -7.58. The third kappa shape index (κ3) is 5.19. The van der Waals surface area contributed by atoms with Crippen LogP contribution in [0.3, 0.4) is 0 Å². The molecule has 1 aliphatic carbocycles. The number of hydrogen-bond acceptors (Lipinski definition) is 12. The summed E-state index contributed by atoms with van der Waals surface area (Å²) in [6, 6.07) is 6.54. The lowest BCUT2D eigenvalue weighted by Crippen LogP contribution is -2.47. The molecule has 198 valence electrons. The molecule has 0 fully saturated rings. The van der Waals surface area contributed by atoms with Crippen molar-refractivity contribution in [3.63, 3.8) is 0 Å². The number of phenols is 1. The Kier molecular flexibility index (Phi) is 8.31. The molecule has 0 unspecified atom stereocenters. The first-order valence-corrected chi connectivity index (χ1v) is 11.0. The lowest BCUT2D eigenvalue weighted by Gasteiger charge is -2.25. The summed E-state index contributed by atoms with van der Waals surface area (Å²) in [7, 11) is 1.23. The predicted molar refractivity (Wildman–Crippen MR) is 126 cm³/mol. The summed E-state index contributed by atoms with van der Waals surface area (Å²) in [4.78, 5) is 38.9. The van der Waals surface area contributed by atoms with E-state index in [1.807, 2.05) is 0 Å². The summed E-state index contributed by atoms with van der Waals surface area (Å²) in [5, 5.41) is 69.1. The van der Waals surface area contributed by atoms with Crippen molar-refractivity contribution in [2.75, 3.05) is 20.3 Å². The van der Waals surface area contributed by atoms with Gasteiger partial charge in [-0.2, -0.15) is 0 Å². The van der Waals surface area contributed by atoms with Crippen LogP contribution in [0.5, 0.6) is 11.5 Å². The molecule has 0 radical (unpaired) electrons. The van der Waals surface area contributed by atoms with E-state index in [4.69, 9.17) is 14.6 Å². The number of ketones is 2. The number of phenolic OH excluding ortho intramolecular Hbond substituents is 1. The van der Waals surface area contributed by atoms with Crippen LogP contribution in [0, 0.1) is 6.92 Å². The van der Waals surface area contributed by atoms with Crippen LogP contribution in [0.4, 0.5) is 0 Å². The van der Waals surface area contributed by atoms with Gasteiger partial charge in [0, 0.05) is 11.1 Å². The number of Topliss-reactive ketones (excluding diaryl/α,β-unsaturated/α-hetero) is 2. The molecule has 3 rings (SSSR count). The van der Waals surface area contributed by atoms with Crippen molar-refractivity contribution in [2.45, 2.75) is 31.3 Å². The zero-order valence-electron chi connectivity index (χ0n) is 19.8. The molecular weight excluding hydrogens is 492 g/mol. The first-order chi connectivity index (χ1) is 17.4. The molecule has 12 heteroatoms. The molecule has 37 heavy (non-hydrogen) atoms. The third-order valence-corrected chi connectivity index (χ3v) is 5.84. The third-order valence-electron chi connectivity index (χ3n) is 5.84. The minimum absolute atomic E-state index is 0.0691. The Bertz CT molecular complexity index is 1260. The van der Waals surface area contributed by atoms with Gasteiger partial charge in [0.15, 0.2) is 0 Å². The zero-order chi connectivity index (χ0) is 27.6. The first kappa shape index (κ1) is 27.8. The van der Waals surface area contributed by atoms with Crippen LogP contribution in [0.15, 0.2) is 30.3 Å². The van der Waals surface area contributed by atoms with Crippen molar-refractivity contribution >= 4 is 28.9 Å². The van der Waals surface area contributed by atoms with Crippen molar-refractivity contribution in [1.82, 2.24) is 0 Å². The van der Waals surface area contributed by atoms with Gasteiger partial charge in [-0.1, -0.05) is 12.1 Å². The van der Waals surface area contributed by atoms with Crippen molar-refractivity contribution in [3.8, 4) is 11.5 Å². The maximum Gasteiger partial charge on any atom is 0.339 e. The van der Waals surface area contributed by atoms with E-state index in [-0.39, 0.29) is 22.4 Å². The maximum atomic E-state index is 13.1. The Hall–Kier alpha value is -3.81. The van der Waals surface area contributed by atoms with Gasteiger partial charge < -0.3 is 45.2 Å². The van der Waals surface area contributed by atoms with E-state index < -0.39 is 77.8 Å². The molecule has 0 saturated heterocycles. The number of allylic oxidation sites excluding steroid dienone is 1. The molecule has 0 aliphatic heterocycles. The van der Waals surface area contributed by atoms with E-state index in [2.05, 4.69) is 0 Å². The van der Waals surface area contributed by atoms with Crippen LogP contribution < -0.4 is 4.74 Å². The lowest BCUT2D eigenvalue weighted by atomic mass is 9.82. The molecule has 0 saturated carbocycles. The molecule has 0 heterocycles. The van der Waals surface area contributed by atoms with Crippen LogP contribution in [-0.2, 0) is 9.53 Å². The fourth-order valence-electron chi connectivity index (χ4n) is 3.91. The fourth-order valence-corrected chi connectivity index (χ4v) is 3.91. The summed E-state index contributed by atoms with van der Waals surface area (Å²) in [6.45, 7) is -0.188. The highest BCUT2D eigenvalue weighted by molar-refractivity contribution is 6.62. The molecule has 2 aromatic carbocycles. The number of hydrogen-bond donors (Lipinski definition) is 7. The van der Waals surface area contributed by atoms with Crippen molar-refractivity contribution < 1.29 is 59.6 Å². The molecule has 7 N–H and O–H groups in total. The van der Waals surface area contributed by atoms with Gasteiger partial charge in [-0.3, -0.25) is 9.59 Å². The van der Waals surface area contributed by atoms with Gasteiger partial charge in [-0.15, -0.1) is 0 Å². The van der Waals surface area contributed by atoms with Gasteiger partial charge in [-0.25, -0.2) is 4.79 Å². The number of aromatic hydroxyl groups is 1. The number of fused-ring (bicyclic) bond motifs is 1. The number of aryl methyl sites for hydroxylation is 1. The number of carbonyl (C=O) groups excluding carboxylic acids is 3. The molecule has 0 spiro atoms. The number of ether oxygens (including phenoxy) is 2. The van der Waals surface area contributed by atoms with E-state index in [9.17, 15) is 45.0 Å². The quantitative estimate of drug-likeness (QED) is 0.165. The molecule has 2 aromatic rings. The Morgan fingerprint density at radius 3 is 2.22 bits per heavy atom. The summed E-state index contributed by atoms with van der Waals surface area (Å²) >= 11 is 0. The minimum Gasteiger partial charge on any atom is -0.507 e. The molecule has 0 amide bonds. The van der Waals surface area contributed by atoms with Gasteiger partial charge in [0.05, 0.1) is 30.4 Å². The van der Waals surface area contributed by atoms with Crippen LogP contribution in [0.2, 0.25) is 0 Å². The zero-order valence-corrected chi connectivity index (χ0v) is 19.8. The average Bonchev–Trinajstić information content (AvgIpc) is 2.89. The smallest absolute Gasteiger partial charge is 0.339 e. The topological polar surface area (TPSA) is 211 Å². The summed E-state index contributed by atoms with van der Waals surface area (Å²) < 4.78 is 10.4. The Morgan fingerprint density at radius 1 is 0.946 bits per heavy atom. The number of rotatable bonds is 9. The number of aliphatic hydroxyl groups excluding tert-OH is 6. The summed E-state index contributed by atoms with van der Waals surface area (Å²) in [5.74, 6) is -4.78. The number of benzene rings is 2. The monoisotopic (exact) mass is 518 g/mol. The largest absolute Gasteiger partial charge is 0.507 e. The van der Waals surface area contributed by atoms with E-state index in [1.165, 1.54) is 37.4 Å². The number of aliphatic hydroxyl groups is 6. The second-order valence-corrected chi connectivity index (χ2v) is 8.37. The van der Waals surface area contributed by atoms with Crippen LogP contribution in [0.1, 0.15) is 37.4 Å². The minimum atomic E-state index is -1.99. The van der Waals surface area contributed by atoms with Gasteiger partial charge in [0.1, 0.15) is 48.3 Å². The van der Waals surface area contributed by atoms with Crippen LogP contribution in [-0.4, -0.2) is 98.0 Å². The van der Waals surface area contributed by atoms with Gasteiger partial charge in [0.2, 0.25) is 11.6 Å². The Balaban J connectivity index is 2.06.